The van der Waals surface area contributed by atoms with E-state index in [0.29, 0.717) is 5.69 Å². The van der Waals surface area contributed by atoms with Gasteiger partial charge in [0.1, 0.15) is 17.5 Å². The number of anilines is 1. The molecule has 0 spiro atoms. The zero-order valence-electron chi connectivity index (χ0n) is 15.0. The summed E-state index contributed by atoms with van der Waals surface area (Å²) in [5.74, 6) is -0.925. The van der Waals surface area contributed by atoms with Gasteiger partial charge in [0, 0.05) is 22.8 Å². The Hall–Kier alpha value is -3.65. The summed E-state index contributed by atoms with van der Waals surface area (Å²) >= 11 is 0. The third kappa shape index (κ3) is 3.96. The van der Waals surface area contributed by atoms with Gasteiger partial charge in [-0.25, -0.2) is 4.39 Å². The lowest BCUT2D eigenvalue weighted by Crippen LogP contribution is -2.13. The van der Waals surface area contributed by atoms with Crippen molar-refractivity contribution in [2.45, 2.75) is 13.8 Å². The molecule has 0 saturated carbocycles. The topological polar surface area (TPSA) is 57.8 Å². The number of carbonyl (C=O) groups is 1. The van der Waals surface area contributed by atoms with E-state index in [0.717, 1.165) is 22.6 Å². The average Bonchev–Trinajstić information content (AvgIpc) is 2.95. The van der Waals surface area contributed by atoms with E-state index in [-0.39, 0.29) is 5.57 Å². The summed E-state index contributed by atoms with van der Waals surface area (Å²) in [6.07, 6.45) is 1.57. The van der Waals surface area contributed by atoms with Crippen LogP contribution in [0.3, 0.4) is 0 Å². The van der Waals surface area contributed by atoms with Gasteiger partial charge in [-0.15, -0.1) is 0 Å². The Balaban J connectivity index is 1.91. The first-order valence-corrected chi connectivity index (χ1v) is 8.42. The van der Waals surface area contributed by atoms with Crippen LogP contribution in [0.2, 0.25) is 0 Å². The van der Waals surface area contributed by atoms with Crippen molar-refractivity contribution < 1.29 is 9.18 Å². The summed E-state index contributed by atoms with van der Waals surface area (Å²) in [4.78, 5) is 12.4. The van der Waals surface area contributed by atoms with Crippen molar-refractivity contribution >= 4 is 17.7 Å². The molecule has 3 rings (SSSR count). The third-order valence-corrected chi connectivity index (χ3v) is 4.25. The van der Waals surface area contributed by atoms with Crippen LogP contribution in [-0.4, -0.2) is 10.5 Å². The highest BCUT2D eigenvalue weighted by Crippen LogP contribution is 2.23. The molecule has 0 aliphatic carbocycles. The predicted octanol–water partition coefficient (Wildman–Crippen LogP) is 4.78. The Morgan fingerprint density at radius 2 is 1.78 bits per heavy atom. The van der Waals surface area contributed by atoms with Crippen molar-refractivity contribution in [3.8, 4) is 11.8 Å². The van der Waals surface area contributed by atoms with Gasteiger partial charge in [-0.2, -0.15) is 5.26 Å². The summed E-state index contributed by atoms with van der Waals surface area (Å²) in [6.45, 7) is 3.92. The van der Waals surface area contributed by atoms with Gasteiger partial charge in [0.15, 0.2) is 0 Å². The van der Waals surface area contributed by atoms with Gasteiger partial charge in [-0.1, -0.05) is 18.2 Å². The first-order valence-electron chi connectivity index (χ1n) is 8.42. The molecule has 0 aliphatic heterocycles. The number of nitriles is 1. The molecule has 0 saturated heterocycles. The smallest absolute Gasteiger partial charge is 0.266 e. The number of benzene rings is 2. The molecule has 1 amide bonds. The number of para-hydroxylation sites is 1. The van der Waals surface area contributed by atoms with Crippen LogP contribution < -0.4 is 5.32 Å². The van der Waals surface area contributed by atoms with Crippen LogP contribution in [0.5, 0.6) is 0 Å². The van der Waals surface area contributed by atoms with Crippen molar-refractivity contribution in [1.29, 1.82) is 5.26 Å². The molecule has 1 aromatic heterocycles. The second-order valence-corrected chi connectivity index (χ2v) is 6.13. The number of nitrogens with zero attached hydrogens (tertiary/aromatic N) is 2. The van der Waals surface area contributed by atoms with Crippen molar-refractivity contribution in [1.82, 2.24) is 4.57 Å². The fourth-order valence-corrected chi connectivity index (χ4v) is 2.94. The molecule has 0 unspecified atom stereocenters. The van der Waals surface area contributed by atoms with Crippen molar-refractivity contribution in [3.05, 3.63) is 89.0 Å². The van der Waals surface area contributed by atoms with Gasteiger partial charge in [0.05, 0.1) is 0 Å². The van der Waals surface area contributed by atoms with Crippen molar-refractivity contribution in [3.63, 3.8) is 0 Å². The number of amides is 1. The monoisotopic (exact) mass is 359 g/mol. The molecule has 0 atom stereocenters. The molecule has 0 fully saturated rings. The number of hydrogen-bond donors (Lipinski definition) is 1. The van der Waals surface area contributed by atoms with E-state index in [1.54, 1.807) is 6.08 Å². The van der Waals surface area contributed by atoms with Crippen LogP contribution in [0, 0.1) is 31.0 Å². The van der Waals surface area contributed by atoms with Gasteiger partial charge in [0.2, 0.25) is 0 Å². The molecule has 0 bridgehead atoms. The lowest BCUT2D eigenvalue weighted by atomic mass is 10.1. The number of rotatable bonds is 4. The van der Waals surface area contributed by atoms with Crippen LogP contribution in [0.1, 0.15) is 17.0 Å². The molecule has 134 valence electrons. The summed E-state index contributed by atoms with van der Waals surface area (Å²) in [5, 5.41) is 12.0. The minimum atomic E-state index is -0.534. The highest BCUT2D eigenvalue weighted by atomic mass is 19.1. The Morgan fingerprint density at radius 1 is 1.11 bits per heavy atom. The second kappa shape index (κ2) is 7.71. The number of aryl methyl sites for hydroxylation is 1. The first kappa shape index (κ1) is 18.2. The molecular weight excluding hydrogens is 341 g/mol. The number of hydrogen-bond acceptors (Lipinski definition) is 2. The van der Waals surface area contributed by atoms with Crippen molar-refractivity contribution in [2.75, 3.05) is 5.32 Å². The number of halogens is 1. The fourth-order valence-electron chi connectivity index (χ4n) is 2.94. The highest BCUT2D eigenvalue weighted by Gasteiger charge is 2.14. The summed E-state index contributed by atoms with van der Waals surface area (Å²) in [7, 11) is 0. The zero-order valence-corrected chi connectivity index (χ0v) is 15.0. The number of carbonyl (C=O) groups excluding carboxylic acids is 1. The Labute approximate surface area is 157 Å². The van der Waals surface area contributed by atoms with Crippen LogP contribution in [0.25, 0.3) is 11.8 Å². The third-order valence-electron chi connectivity index (χ3n) is 4.25. The molecule has 5 heteroatoms. The summed E-state index contributed by atoms with van der Waals surface area (Å²) in [6, 6.07) is 19.1. The maximum Gasteiger partial charge on any atom is 0.266 e. The Bertz CT molecular complexity index is 1040. The Kier molecular flexibility index (Phi) is 5.18. The molecule has 2 aromatic carbocycles. The lowest BCUT2D eigenvalue weighted by molar-refractivity contribution is -0.112. The maximum absolute atomic E-state index is 13.0. The maximum atomic E-state index is 13.0. The van der Waals surface area contributed by atoms with Gasteiger partial charge in [0.25, 0.3) is 5.91 Å². The molecule has 1 N–H and O–H groups in total. The molecular formula is C22H18FN3O. The minimum absolute atomic E-state index is 0.0207. The normalized spacial score (nSPS) is 11.1. The van der Waals surface area contributed by atoms with Gasteiger partial charge in [-0.3, -0.25) is 4.79 Å². The summed E-state index contributed by atoms with van der Waals surface area (Å²) in [5.41, 5.74) is 4.15. The second-order valence-electron chi connectivity index (χ2n) is 6.13. The summed E-state index contributed by atoms with van der Waals surface area (Å²) < 4.78 is 15.1. The van der Waals surface area contributed by atoms with E-state index >= 15 is 0 Å². The van der Waals surface area contributed by atoms with E-state index in [1.165, 1.54) is 24.3 Å². The highest BCUT2D eigenvalue weighted by molar-refractivity contribution is 6.09. The number of nitrogens with one attached hydrogen (secondary N) is 1. The average molecular weight is 359 g/mol. The quantitative estimate of drug-likeness (QED) is 0.538. The first-order chi connectivity index (χ1) is 13.0. The minimum Gasteiger partial charge on any atom is -0.321 e. The van der Waals surface area contributed by atoms with Gasteiger partial charge in [-0.05, 0) is 68.0 Å². The van der Waals surface area contributed by atoms with E-state index in [4.69, 9.17) is 0 Å². The fraction of sp³-hybridized carbons (Fsp3) is 0.0909. The molecule has 27 heavy (non-hydrogen) atoms. The molecule has 1 heterocycles. The van der Waals surface area contributed by atoms with E-state index in [9.17, 15) is 14.4 Å². The zero-order chi connectivity index (χ0) is 19.4. The molecule has 4 nitrogen and oxygen atoms in total. The van der Waals surface area contributed by atoms with Crippen LogP contribution >= 0.6 is 0 Å². The molecule has 0 aliphatic rings. The van der Waals surface area contributed by atoms with Crippen LogP contribution in [0.15, 0.2) is 66.2 Å². The Morgan fingerprint density at radius 3 is 2.41 bits per heavy atom. The van der Waals surface area contributed by atoms with Crippen LogP contribution in [0.4, 0.5) is 10.1 Å². The molecule has 0 radical (unpaired) electrons. The van der Waals surface area contributed by atoms with Crippen molar-refractivity contribution in [2.24, 2.45) is 0 Å². The lowest BCUT2D eigenvalue weighted by Gasteiger charge is -2.09. The standard InChI is InChI=1S/C22H18FN3O/c1-15-12-17(16(2)26(15)21-6-4-3-5-7-21)13-18(14-24)22(27)25-20-10-8-19(23)9-11-20/h3-13H,1-2H3,(H,25,27)/b18-13+. The molecule has 3 aromatic rings. The van der Waals surface area contributed by atoms with E-state index in [2.05, 4.69) is 9.88 Å². The van der Waals surface area contributed by atoms with Gasteiger partial charge >= 0.3 is 0 Å². The van der Waals surface area contributed by atoms with Gasteiger partial charge < -0.3 is 9.88 Å². The largest absolute Gasteiger partial charge is 0.321 e. The van der Waals surface area contributed by atoms with E-state index < -0.39 is 11.7 Å². The van der Waals surface area contributed by atoms with E-state index in [1.807, 2.05) is 56.3 Å². The predicted molar refractivity (Wildman–Crippen MR) is 104 cm³/mol. The number of aromatic nitrogens is 1. The SMILES string of the molecule is Cc1cc(/C=C(\C#N)C(=O)Nc2ccc(F)cc2)c(C)n1-c1ccccc1. The van der Waals surface area contributed by atoms with Crippen LogP contribution in [-0.2, 0) is 4.79 Å².